The Kier molecular flexibility index (Phi) is 6.76. The Balaban J connectivity index is 1.24. The van der Waals surface area contributed by atoms with Crippen molar-refractivity contribution in [3.8, 4) is 22.4 Å². The minimum absolute atomic E-state index is 0.156. The van der Waals surface area contributed by atoms with Crippen molar-refractivity contribution in [1.29, 1.82) is 0 Å². The molecule has 0 saturated carbocycles. The van der Waals surface area contributed by atoms with E-state index in [1.54, 1.807) is 33.9 Å². The van der Waals surface area contributed by atoms with Gasteiger partial charge in [0.1, 0.15) is 5.60 Å². The third kappa shape index (κ3) is 5.11. The summed E-state index contributed by atoms with van der Waals surface area (Å²) in [6.07, 6.45) is 3.11. The second kappa shape index (κ2) is 10.4. The number of piperazine rings is 1. The molecule has 1 saturated heterocycles. The largest absolute Gasteiger partial charge is 0.478 e. The van der Waals surface area contributed by atoms with Crippen LogP contribution in [0.4, 0.5) is 10.5 Å². The van der Waals surface area contributed by atoms with E-state index in [9.17, 15) is 14.7 Å². The number of benzene rings is 2. The smallest absolute Gasteiger partial charge is 0.410 e. The van der Waals surface area contributed by atoms with Gasteiger partial charge in [0.05, 0.1) is 28.7 Å². The molecular formula is C32H32N6O4. The normalized spacial score (nSPS) is 14.0. The number of ether oxygens (including phenoxy) is 1. The van der Waals surface area contributed by atoms with Gasteiger partial charge in [-0.3, -0.25) is 4.98 Å². The number of anilines is 1. The van der Waals surface area contributed by atoms with Crippen LogP contribution in [0.25, 0.3) is 38.9 Å². The number of aryl methyl sites for hydroxylation is 1. The van der Waals surface area contributed by atoms with Gasteiger partial charge in [-0.15, -0.1) is 0 Å². The fourth-order valence-corrected chi connectivity index (χ4v) is 5.37. The van der Waals surface area contributed by atoms with Crippen molar-refractivity contribution in [2.24, 2.45) is 0 Å². The molecular weight excluding hydrogens is 532 g/mol. The molecule has 1 amide bonds. The van der Waals surface area contributed by atoms with Crippen LogP contribution in [0.3, 0.4) is 0 Å². The number of aromatic carboxylic acids is 1. The van der Waals surface area contributed by atoms with E-state index in [4.69, 9.17) is 9.84 Å². The van der Waals surface area contributed by atoms with E-state index in [0.717, 1.165) is 52.2 Å². The number of carboxylic acids is 1. The van der Waals surface area contributed by atoms with Crippen molar-refractivity contribution in [2.45, 2.75) is 33.3 Å². The first-order chi connectivity index (χ1) is 20.1. The number of imidazole rings is 1. The molecule has 3 aromatic heterocycles. The number of rotatable bonds is 4. The summed E-state index contributed by atoms with van der Waals surface area (Å²) in [6, 6.07) is 17.4. The van der Waals surface area contributed by atoms with Crippen LogP contribution in [0.1, 0.15) is 36.8 Å². The molecule has 2 aromatic carbocycles. The number of para-hydroxylation sites is 1. The molecule has 0 radical (unpaired) electrons. The zero-order valence-electron chi connectivity index (χ0n) is 24.0. The number of hydrogen-bond acceptors (Lipinski definition) is 7. The second-order valence-corrected chi connectivity index (χ2v) is 11.4. The van der Waals surface area contributed by atoms with E-state index in [1.807, 2.05) is 45.9 Å². The van der Waals surface area contributed by atoms with Crippen LogP contribution in [-0.4, -0.2) is 73.4 Å². The third-order valence-electron chi connectivity index (χ3n) is 7.43. The van der Waals surface area contributed by atoms with Crippen molar-refractivity contribution in [2.75, 3.05) is 31.1 Å². The highest BCUT2D eigenvalue weighted by Gasteiger charge is 2.26. The van der Waals surface area contributed by atoms with E-state index >= 15 is 0 Å². The standard InChI is InChI=1S/C32H32N6O4/c1-20-26(21-8-10-22(11-9-21)36-14-16-37(17-15-36)31(41)42-32(2,3)4)18-28-34-19-27(38(28)35-20)23-12-13-33-29-24(23)6-5-7-25(29)30(39)40/h5-13,18-19H,14-17H2,1-4H3,(H,39,40). The molecule has 42 heavy (non-hydrogen) atoms. The minimum Gasteiger partial charge on any atom is -0.478 e. The Labute approximate surface area is 243 Å². The van der Waals surface area contributed by atoms with Crippen LogP contribution in [-0.2, 0) is 4.74 Å². The minimum atomic E-state index is -1.02. The van der Waals surface area contributed by atoms with Crippen LogP contribution in [0.5, 0.6) is 0 Å². The van der Waals surface area contributed by atoms with E-state index < -0.39 is 11.6 Å². The van der Waals surface area contributed by atoms with Crippen LogP contribution in [0.15, 0.2) is 67.0 Å². The zero-order chi connectivity index (χ0) is 29.6. The molecule has 10 nitrogen and oxygen atoms in total. The summed E-state index contributed by atoms with van der Waals surface area (Å²) in [5.41, 5.74) is 6.29. The van der Waals surface area contributed by atoms with E-state index in [0.29, 0.717) is 24.3 Å². The van der Waals surface area contributed by atoms with E-state index in [1.165, 1.54) is 0 Å². The maximum absolute atomic E-state index is 12.4. The van der Waals surface area contributed by atoms with Crippen LogP contribution in [0.2, 0.25) is 0 Å². The van der Waals surface area contributed by atoms with Crippen molar-refractivity contribution >= 4 is 34.3 Å². The predicted octanol–water partition coefficient (Wildman–Crippen LogP) is 5.68. The number of pyridine rings is 1. The first kappa shape index (κ1) is 27.2. The monoisotopic (exact) mass is 564 g/mol. The highest BCUT2D eigenvalue weighted by Crippen LogP contribution is 2.32. The lowest BCUT2D eigenvalue weighted by molar-refractivity contribution is 0.0240. The number of carboxylic acid groups (broad SMARTS) is 1. The lowest BCUT2D eigenvalue weighted by Crippen LogP contribution is -2.50. The Morgan fingerprint density at radius 3 is 2.36 bits per heavy atom. The van der Waals surface area contributed by atoms with Crippen molar-refractivity contribution in [1.82, 2.24) is 24.5 Å². The number of aromatic nitrogens is 4. The zero-order valence-corrected chi connectivity index (χ0v) is 24.0. The number of carbonyl (C=O) groups excluding carboxylic acids is 1. The molecule has 0 spiro atoms. The van der Waals surface area contributed by atoms with Crippen molar-refractivity contribution in [3.05, 3.63) is 78.2 Å². The number of fused-ring (bicyclic) bond motifs is 2. The van der Waals surface area contributed by atoms with Gasteiger partial charge in [0.2, 0.25) is 0 Å². The van der Waals surface area contributed by atoms with Crippen molar-refractivity contribution in [3.63, 3.8) is 0 Å². The van der Waals surface area contributed by atoms with Gasteiger partial charge in [0, 0.05) is 54.6 Å². The maximum atomic E-state index is 12.4. The number of carbonyl (C=O) groups is 2. The SMILES string of the molecule is Cc1nn2c(-c3ccnc4c(C(=O)O)cccc34)cnc2cc1-c1ccc(N2CCN(C(=O)OC(C)(C)C)CC2)cc1. The average molecular weight is 565 g/mol. The predicted molar refractivity (Wildman–Crippen MR) is 161 cm³/mol. The number of hydrogen-bond donors (Lipinski definition) is 1. The number of nitrogens with zero attached hydrogens (tertiary/aromatic N) is 6. The highest BCUT2D eigenvalue weighted by atomic mass is 16.6. The summed E-state index contributed by atoms with van der Waals surface area (Å²) in [6.45, 7) is 10.3. The van der Waals surface area contributed by atoms with Crippen LogP contribution < -0.4 is 4.90 Å². The second-order valence-electron chi connectivity index (χ2n) is 11.4. The fraction of sp³-hybridized carbons (Fsp3) is 0.281. The van der Waals surface area contributed by atoms with Gasteiger partial charge in [-0.1, -0.05) is 24.3 Å². The average Bonchev–Trinajstić information content (AvgIpc) is 3.37. The van der Waals surface area contributed by atoms with Crippen LogP contribution >= 0.6 is 0 Å². The molecule has 0 unspecified atom stereocenters. The Hall–Kier alpha value is -4.99. The molecule has 0 aliphatic carbocycles. The maximum Gasteiger partial charge on any atom is 0.410 e. The van der Waals surface area contributed by atoms with E-state index in [2.05, 4.69) is 39.1 Å². The summed E-state index contributed by atoms with van der Waals surface area (Å²) in [5.74, 6) is -1.02. The van der Waals surface area contributed by atoms with E-state index in [-0.39, 0.29) is 11.7 Å². The molecule has 4 heterocycles. The van der Waals surface area contributed by atoms with Gasteiger partial charge in [-0.25, -0.2) is 19.1 Å². The third-order valence-corrected chi connectivity index (χ3v) is 7.43. The topological polar surface area (TPSA) is 113 Å². The molecule has 5 aromatic rings. The van der Waals surface area contributed by atoms with Gasteiger partial charge < -0.3 is 19.6 Å². The summed E-state index contributed by atoms with van der Waals surface area (Å²) in [7, 11) is 0. The first-order valence-electron chi connectivity index (χ1n) is 13.9. The number of amides is 1. The summed E-state index contributed by atoms with van der Waals surface area (Å²) >= 11 is 0. The summed E-state index contributed by atoms with van der Waals surface area (Å²) in [5, 5.41) is 15.2. The first-order valence-corrected chi connectivity index (χ1v) is 13.9. The van der Waals surface area contributed by atoms with Crippen molar-refractivity contribution < 1.29 is 19.4 Å². The molecule has 1 N–H and O–H groups in total. The van der Waals surface area contributed by atoms with Gasteiger partial charge in [-0.2, -0.15) is 5.10 Å². The quantitative estimate of drug-likeness (QED) is 0.297. The highest BCUT2D eigenvalue weighted by molar-refractivity contribution is 6.05. The Morgan fingerprint density at radius 2 is 1.67 bits per heavy atom. The van der Waals surface area contributed by atoms with Gasteiger partial charge in [0.25, 0.3) is 0 Å². The Morgan fingerprint density at radius 1 is 0.929 bits per heavy atom. The molecule has 214 valence electrons. The van der Waals surface area contributed by atoms with Gasteiger partial charge >= 0.3 is 12.1 Å². The van der Waals surface area contributed by atoms with Gasteiger partial charge in [-0.05, 0) is 63.6 Å². The summed E-state index contributed by atoms with van der Waals surface area (Å²) in [4.78, 5) is 37.2. The molecule has 0 bridgehead atoms. The molecule has 10 heteroatoms. The van der Waals surface area contributed by atoms with Crippen LogP contribution in [0, 0.1) is 6.92 Å². The van der Waals surface area contributed by atoms with Gasteiger partial charge in [0.15, 0.2) is 5.65 Å². The summed E-state index contributed by atoms with van der Waals surface area (Å²) < 4.78 is 7.31. The Bertz CT molecular complexity index is 1820. The molecule has 1 aliphatic rings. The molecule has 6 rings (SSSR count). The fourth-order valence-electron chi connectivity index (χ4n) is 5.37. The lowest BCUT2D eigenvalue weighted by Gasteiger charge is -2.36. The molecule has 1 aliphatic heterocycles. The molecule has 1 fully saturated rings. The molecule has 0 atom stereocenters. The lowest BCUT2D eigenvalue weighted by atomic mass is 10.0.